The van der Waals surface area contributed by atoms with Gasteiger partial charge in [0.05, 0.1) is 0 Å². The van der Waals surface area contributed by atoms with E-state index >= 15 is 0 Å². The summed E-state index contributed by atoms with van der Waals surface area (Å²) < 4.78 is 0. The molecular weight excluding hydrogens is 250 g/mol. The normalized spacial score (nSPS) is 22.1. The predicted molar refractivity (Wildman–Crippen MR) is 81.2 cm³/mol. The van der Waals surface area contributed by atoms with Gasteiger partial charge in [-0.15, -0.1) is 0 Å². The van der Waals surface area contributed by atoms with Gasteiger partial charge < -0.3 is 15.5 Å². The third-order valence-electron chi connectivity index (χ3n) is 4.36. The van der Waals surface area contributed by atoms with Crippen molar-refractivity contribution in [2.24, 2.45) is 5.92 Å². The van der Waals surface area contributed by atoms with E-state index in [0.29, 0.717) is 5.92 Å². The average Bonchev–Trinajstić information content (AvgIpc) is 2.92. The molecule has 1 unspecified atom stereocenters. The Morgan fingerprint density at radius 3 is 3.25 bits per heavy atom. The van der Waals surface area contributed by atoms with Crippen molar-refractivity contribution in [1.82, 2.24) is 10.2 Å². The number of hydrogen-bond acceptors (Lipinski definition) is 3. The average molecular weight is 273 g/mol. The lowest BCUT2D eigenvalue weighted by molar-refractivity contribution is 0.0937. The molecule has 1 aromatic carbocycles. The van der Waals surface area contributed by atoms with Gasteiger partial charge in [-0.1, -0.05) is 6.07 Å². The summed E-state index contributed by atoms with van der Waals surface area (Å²) in [4.78, 5) is 14.6. The van der Waals surface area contributed by atoms with E-state index in [-0.39, 0.29) is 5.91 Å². The molecule has 0 bridgehead atoms. The molecule has 2 aliphatic heterocycles. The minimum Gasteiger partial charge on any atom is -0.384 e. The second kappa shape index (κ2) is 5.83. The van der Waals surface area contributed by atoms with E-state index in [1.165, 1.54) is 24.9 Å². The van der Waals surface area contributed by atoms with Gasteiger partial charge in [0, 0.05) is 30.9 Å². The van der Waals surface area contributed by atoms with E-state index in [2.05, 4.69) is 28.6 Å². The Morgan fingerprint density at radius 2 is 2.40 bits per heavy atom. The summed E-state index contributed by atoms with van der Waals surface area (Å²) in [7, 11) is 2.15. The number of nitrogens with one attached hydrogen (secondary N) is 2. The summed E-state index contributed by atoms with van der Waals surface area (Å²) in [5, 5.41) is 6.41. The molecule has 1 saturated heterocycles. The van der Waals surface area contributed by atoms with E-state index in [9.17, 15) is 4.79 Å². The number of amides is 1. The van der Waals surface area contributed by atoms with Gasteiger partial charge in [-0.05, 0) is 56.5 Å². The van der Waals surface area contributed by atoms with Crippen molar-refractivity contribution in [3.8, 4) is 0 Å². The molecule has 2 N–H and O–H groups in total. The Kier molecular flexibility index (Phi) is 3.92. The minimum absolute atomic E-state index is 0.0507. The molecule has 4 nitrogen and oxygen atoms in total. The number of likely N-dealkylation sites (tertiary alicyclic amines) is 1. The van der Waals surface area contributed by atoms with Crippen molar-refractivity contribution in [3.05, 3.63) is 29.3 Å². The van der Waals surface area contributed by atoms with Crippen LogP contribution in [0.25, 0.3) is 0 Å². The number of benzene rings is 1. The lowest BCUT2D eigenvalue weighted by atomic mass is 9.98. The highest BCUT2D eigenvalue weighted by molar-refractivity contribution is 5.95. The van der Waals surface area contributed by atoms with Crippen LogP contribution in [0.3, 0.4) is 0 Å². The third-order valence-corrected chi connectivity index (χ3v) is 4.36. The third kappa shape index (κ3) is 2.96. The maximum atomic E-state index is 12.2. The molecule has 1 atom stereocenters. The molecule has 4 heteroatoms. The summed E-state index contributed by atoms with van der Waals surface area (Å²) in [5.74, 6) is 0.639. The van der Waals surface area contributed by atoms with Crippen LogP contribution < -0.4 is 10.6 Å². The molecule has 0 aromatic heterocycles. The highest BCUT2D eigenvalue weighted by Crippen LogP contribution is 2.23. The molecule has 1 amide bonds. The summed E-state index contributed by atoms with van der Waals surface area (Å²) in [6.45, 7) is 4.04. The number of carbonyl (C=O) groups is 1. The number of anilines is 1. The first-order valence-corrected chi connectivity index (χ1v) is 7.56. The molecule has 0 saturated carbocycles. The quantitative estimate of drug-likeness (QED) is 0.881. The van der Waals surface area contributed by atoms with Crippen molar-refractivity contribution in [3.63, 3.8) is 0 Å². The van der Waals surface area contributed by atoms with Gasteiger partial charge in [-0.25, -0.2) is 0 Å². The number of nitrogens with zero attached hydrogens (tertiary/aromatic N) is 1. The summed E-state index contributed by atoms with van der Waals surface area (Å²) >= 11 is 0. The minimum atomic E-state index is 0.0507. The standard InChI is InChI=1S/C16H23N3O/c1-19-8-2-3-12(11-19)10-18-16(20)14-5-4-13-6-7-17-15(13)9-14/h4-5,9,12,17H,2-3,6-8,10-11H2,1H3,(H,18,20). The van der Waals surface area contributed by atoms with Crippen molar-refractivity contribution in [1.29, 1.82) is 0 Å². The van der Waals surface area contributed by atoms with Crippen LogP contribution in [0.15, 0.2) is 18.2 Å². The molecule has 0 radical (unpaired) electrons. The molecule has 3 rings (SSSR count). The van der Waals surface area contributed by atoms with Crippen LogP contribution in [0, 0.1) is 5.92 Å². The molecular formula is C16H23N3O. The first kappa shape index (κ1) is 13.4. The first-order valence-electron chi connectivity index (χ1n) is 7.56. The van der Waals surface area contributed by atoms with Crippen LogP contribution in [0.5, 0.6) is 0 Å². The number of hydrogen-bond donors (Lipinski definition) is 2. The zero-order valence-electron chi connectivity index (χ0n) is 12.1. The molecule has 0 spiro atoms. The Labute approximate surface area is 120 Å². The van der Waals surface area contributed by atoms with Gasteiger partial charge in [0.25, 0.3) is 5.91 Å². The van der Waals surface area contributed by atoms with Crippen LogP contribution in [-0.2, 0) is 6.42 Å². The van der Waals surface area contributed by atoms with E-state index in [1.807, 2.05) is 12.1 Å². The van der Waals surface area contributed by atoms with Gasteiger partial charge in [-0.3, -0.25) is 4.79 Å². The van der Waals surface area contributed by atoms with Crippen molar-refractivity contribution in [2.45, 2.75) is 19.3 Å². The highest BCUT2D eigenvalue weighted by atomic mass is 16.1. The number of piperidine rings is 1. The fourth-order valence-electron chi connectivity index (χ4n) is 3.21. The predicted octanol–water partition coefficient (Wildman–Crippen LogP) is 1.73. The molecule has 1 fully saturated rings. The Bertz CT molecular complexity index is 500. The SMILES string of the molecule is CN1CCCC(CNC(=O)c2ccc3c(c2)NCC3)C1. The molecule has 1 aromatic rings. The second-order valence-electron chi connectivity index (χ2n) is 6.03. The van der Waals surface area contributed by atoms with Crippen molar-refractivity contribution >= 4 is 11.6 Å². The molecule has 2 heterocycles. The summed E-state index contributed by atoms with van der Waals surface area (Å²) in [5.41, 5.74) is 3.20. The van der Waals surface area contributed by atoms with E-state index in [4.69, 9.17) is 0 Å². The lowest BCUT2D eigenvalue weighted by Crippen LogP contribution is -2.39. The fourth-order valence-corrected chi connectivity index (χ4v) is 3.21. The van der Waals surface area contributed by atoms with Crippen molar-refractivity contribution < 1.29 is 4.79 Å². The topological polar surface area (TPSA) is 44.4 Å². The zero-order chi connectivity index (χ0) is 13.9. The highest BCUT2D eigenvalue weighted by Gasteiger charge is 2.18. The monoisotopic (exact) mass is 273 g/mol. The van der Waals surface area contributed by atoms with Gasteiger partial charge in [0.2, 0.25) is 0 Å². The zero-order valence-corrected chi connectivity index (χ0v) is 12.1. The van der Waals surface area contributed by atoms with E-state index in [1.54, 1.807) is 0 Å². The molecule has 20 heavy (non-hydrogen) atoms. The lowest BCUT2D eigenvalue weighted by Gasteiger charge is -2.29. The maximum Gasteiger partial charge on any atom is 0.251 e. The summed E-state index contributed by atoms with van der Waals surface area (Å²) in [6.07, 6.45) is 3.52. The van der Waals surface area contributed by atoms with Gasteiger partial charge >= 0.3 is 0 Å². The van der Waals surface area contributed by atoms with Crippen LogP contribution in [0.4, 0.5) is 5.69 Å². The Hall–Kier alpha value is -1.55. The van der Waals surface area contributed by atoms with Crippen LogP contribution >= 0.6 is 0 Å². The fraction of sp³-hybridized carbons (Fsp3) is 0.562. The van der Waals surface area contributed by atoms with Crippen LogP contribution in [0.2, 0.25) is 0 Å². The molecule has 0 aliphatic carbocycles. The van der Waals surface area contributed by atoms with Crippen LogP contribution in [0.1, 0.15) is 28.8 Å². The number of fused-ring (bicyclic) bond motifs is 1. The second-order valence-corrected chi connectivity index (χ2v) is 6.03. The van der Waals surface area contributed by atoms with E-state index in [0.717, 1.165) is 37.3 Å². The first-order chi connectivity index (χ1) is 9.72. The largest absolute Gasteiger partial charge is 0.384 e. The number of carbonyl (C=O) groups excluding carboxylic acids is 1. The van der Waals surface area contributed by atoms with Gasteiger partial charge in [0.15, 0.2) is 0 Å². The molecule has 2 aliphatic rings. The number of rotatable bonds is 3. The summed E-state index contributed by atoms with van der Waals surface area (Å²) in [6, 6.07) is 5.98. The van der Waals surface area contributed by atoms with Gasteiger partial charge in [0.1, 0.15) is 0 Å². The molecule has 108 valence electrons. The smallest absolute Gasteiger partial charge is 0.251 e. The Balaban J connectivity index is 1.56. The Morgan fingerprint density at radius 1 is 1.50 bits per heavy atom. The maximum absolute atomic E-state index is 12.2. The van der Waals surface area contributed by atoms with Crippen LogP contribution in [-0.4, -0.2) is 44.0 Å². The van der Waals surface area contributed by atoms with Crippen molar-refractivity contribution in [2.75, 3.05) is 38.5 Å². The van der Waals surface area contributed by atoms with Gasteiger partial charge in [-0.2, -0.15) is 0 Å². The van der Waals surface area contributed by atoms with E-state index < -0.39 is 0 Å².